The molecule has 1 saturated heterocycles. The summed E-state index contributed by atoms with van der Waals surface area (Å²) in [6.07, 6.45) is -2.82. The summed E-state index contributed by atoms with van der Waals surface area (Å²) in [5.41, 5.74) is 0. The zero-order valence-electron chi connectivity index (χ0n) is 8.97. The molecule has 0 aliphatic carbocycles. The highest BCUT2D eigenvalue weighted by molar-refractivity contribution is 6.37. The molecule has 8 heteroatoms. The predicted octanol–water partition coefficient (Wildman–Crippen LogP) is -0.149. The SMILES string of the molecule is CCOC(=O)C1OB(F)OC1C(=O)OCC. The Balaban J connectivity index is 2.66. The van der Waals surface area contributed by atoms with E-state index in [0.29, 0.717) is 0 Å². The Morgan fingerprint density at radius 2 is 1.50 bits per heavy atom. The Morgan fingerprint density at radius 3 is 1.81 bits per heavy atom. The van der Waals surface area contributed by atoms with Gasteiger partial charge < -0.3 is 18.8 Å². The van der Waals surface area contributed by atoms with E-state index in [1.807, 2.05) is 0 Å². The second kappa shape index (κ2) is 5.81. The van der Waals surface area contributed by atoms with Crippen molar-refractivity contribution in [1.29, 1.82) is 0 Å². The van der Waals surface area contributed by atoms with Crippen molar-refractivity contribution < 1.29 is 32.7 Å². The fourth-order valence-corrected chi connectivity index (χ4v) is 1.21. The van der Waals surface area contributed by atoms with E-state index in [-0.39, 0.29) is 13.2 Å². The summed E-state index contributed by atoms with van der Waals surface area (Å²) in [4.78, 5) is 22.6. The van der Waals surface area contributed by atoms with Crippen LogP contribution in [-0.4, -0.2) is 44.8 Å². The monoisotopic (exact) mass is 234 g/mol. The molecule has 0 saturated carbocycles. The second-order valence-electron chi connectivity index (χ2n) is 2.89. The molecular formula is C8H12BFO6. The molecule has 2 unspecified atom stereocenters. The fourth-order valence-electron chi connectivity index (χ4n) is 1.21. The van der Waals surface area contributed by atoms with Crippen molar-refractivity contribution in [3.63, 3.8) is 0 Å². The molecule has 90 valence electrons. The molecule has 0 N–H and O–H groups in total. The first-order valence-electron chi connectivity index (χ1n) is 4.88. The van der Waals surface area contributed by atoms with Gasteiger partial charge in [-0.25, -0.2) is 9.59 Å². The minimum absolute atomic E-state index is 0.102. The van der Waals surface area contributed by atoms with Crippen LogP contribution in [0.1, 0.15) is 13.8 Å². The quantitative estimate of drug-likeness (QED) is 0.497. The summed E-state index contributed by atoms with van der Waals surface area (Å²) in [5, 5.41) is 0. The number of carbonyl (C=O) groups excluding carboxylic acids is 2. The van der Waals surface area contributed by atoms with E-state index in [9.17, 15) is 13.9 Å². The van der Waals surface area contributed by atoms with Gasteiger partial charge in [0.15, 0.2) is 12.2 Å². The molecule has 0 aromatic carbocycles. The van der Waals surface area contributed by atoms with Crippen molar-refractivity contribution in [2.45, 2.75) is 26.1 Å². The lowest BCUT2D eigenvalue weighted by molar-refractivity contribution is -0.163. The van der Waals surface area contributed by atoms with Gasteiger partial charge in [-0.3, -0.25) is 4.32 Å². The van der Waals surface area contributed by atoms with Gasteiger partial charge >= 0.3 is 19.3 Å². The molecule has 0 aromatic rings. The zero-order chi connectivity index (χ0) is 12.1. The molecule has 1 heterocycles. The molecule has 2 atom stereocenters. The smallest absolute Gasteiger partial charge is 0.464 e. The Morgan fingerprint density at radius 1 is 1.12 bits per heavy atom. The number of rotatable bonds is 4. The first kappa shape index (κ1) is 12.9. The van der Waals surface area contributed by atoms with Gasteiger partial charge in [0.2, 0.25) is 0 Å². The lowest BCUT2D eigenvalue weighted by Crippen LogP contribution is -2.39. The molecule has 0 bridgehead atoms. The maximum Gasteiger partial charge on any atom is 0.681 e. The summed E-state index contributed by atoms with van der Waals surface area (Å²) in [5.74, 6) is -1.69. The van der Waals surface area contributed by atoms with E-state index in [2.05, 4.69) is 18.8 Å². The van der Waals surface area contributed by atoms with Gasteiger partial charge in [0.25, 0.3) is 0 Å². The molecule has 0 aromatic heterocycles. The number of halogens is 1. The number of esters is 2. The van der Waals surface area contributed by atoms with Crippen LogP contribution in [0.5, 0.6) is 0 Å². The van der Waals surface area contributed by atoms with Crippen molar-refractivity contribution in [3.8, 4) is 0 Å². The van der Waals surface area contributed by atoms with Gasteiger partial charge in [0.1, 0.15) is 0 Å². The van der Waals surface area contributed by atoms with E-state index < -0.39 is 31.5 Å². The first-order chi connectivity index (χ1) is 7.60. The van der Waals surface area contributed by atoms with Crippen molar-refractivity contribution in [1.82, 2.24) is 0 Å². The third kappa shape index (κ3) is 2.92. The van der Waals surface area contributed by atoms with E-state index in [4.69, 9.17) is 0 Å². The van der Waals surface area contributed by atoms with Crippen LogP contribution < -0.4 is 0 Å². The van der Waals surface area contributed by atoms with Gasteiger partial charge in [-0.05, 0) is 13.8 Å². The van der Waals surface area contributed by atoms with Gasteiger partial charge in [-0.15, -0.1) is 0 Å². The Bertz CT molecular complexity index is 247. The third-order valence-corrected chi connectivity index (χ3v) is 1.82. The number of carbonyl (C=O) groups is 2. The highest BCUT2D eigenvalue weighted by Crippen LogP contribution is 2.20. The molecule has 1 aliphatic rings. The predicted molar refractivity (Wildman–Crippen MR) is 49.9 cm³/mol. The lowest BCUT2D eigenvalue weighted by atomic mass is 10.2. The summed E-state index contributed by atoms with van der Waals surface area (Å²) in [7, 11) is -2.12. The Labute approximate surface area is 92.2 Å². The lowest BCUT2D eigenvalue weighted by Gasteiger charge is -2.14. The molecular weight excluding hydrogens is 222 g/mol. The van der Waals surface area contributed by atoms with Crippen LogP contribution in [0.25, 0.3) is 0 Å². The summed E-state index contributed by atoms with van der Waals surface area (Å²) in [6, 6.07) is 0. The molecule has 1 rings (SSSR count). The maximum absolute atomic E-state index is 12.8. The highest BCUT2D eigenvalue weighted by Gasteiger charge is 2.50. The van der Waals surface area contributed by atoms with Crippen LogP contribution in [-0.2, 0) is 28.4 Å². The van der Waals surface area contributed by atoms with Crippen LogP contribution in [0.4, 0.5) is 4.32 Å². The maximum atomic E-state index is 12.8. The van der Waals surface area contributed by atoms with Crippen LogP contribution in [0.15, 0.2) is 0 Å². The zero-order valence-corrected chi connectivity index (χ0v) is 8.97. The van der Waals surface area contributed by atoms with Crippen molar-refractivity contribution in [2.24, 2.45) is 0 Å². The summed E-state index contributed by atoms with van der Waals surface area (Å²) >= 11 is 0. The normalized spacial score (nSPS) is 24.3. The topological polar surface area (TPSA) is 71.1 Å². The van der Waals surface area contributed by atoms with E-state index in [1.165, 1.54) is 0 Å². The number of hydrogen-bond donors (Lipinski definition) is 0. The van der Waals surface area contributed by atoms with E-state index in [1.54, 1.807) is 13.8 Å². The van der Waals surface area contributed by atoms with Crippen molar-refractivity contribution in [3.05, 3.63) is 0 Å². The largest absolute Gasteiger partial charge is 0.681 e. The molecule has 1 aliphatic heterocycles. The average molecular weight is 234 g/mol. The molecule has 0 radical (unpaired) electrons. The van der Waals surface area contributed by atoms with Crippen LogP contribution in [0.3, 0.4) is 0 Å². The van der Waals surface area contributed by atoms with Gasteiger partial charge in [-0.2, -0.15) is 0 Å². The Hall–Kier alpha value is -1.15. The van der Waals surface area contributed by atoms with Crippen molar-refractivity contribution in [2.75, 3.05) is 13.2 Å². The second-order valence-corrected chi connectivity index (χ2v) is 2.89. The first-order valence-corrected chi connectivity index (χ1v) is 4.88. The van der Waals surface area contributed by atoms with Crippen molar-refractivity contribution >= 4 is 19.3 Å². The number of ether oxygens (including phenoxy) is 2. The molecule has 0 spiro atoms. The molecule has 16 heavy (non-hydrogen) atoms. The Kier molecular flexibility index (Phi) is 4.69. The third-order valence-electron chi connectivity index (χ3n) is 1.82. The van der Waals surface area contributed by atoms with E-state index >= 15 is 0 Å². The van der Waals surface area contributed by atoms with Gasteiger partial charge in [-0.1, -0.05) is 0 Å². The molecule has 6 nitrogen and oxygen atoms in total. The molecule has 0 amide bonds. The standard InChI is InChI=1S/C8H12BFO6/c1-3-13-7(11)5-6(8(12)14-4-2)16-9(10)15-5/h5-6H,3-4H2,1-2H3. The minimum Gasteiger partial charge on any atom is -0.464 e. The van der Waals surface area contributed by atoms with Gasteiger partial charge in [0.05, 0.1) is 13.2 Å². The minimum atomic E-state index is -2.12. The summed E-state index contributed by atoms with van der Waals surface area (Å²) < 4.78 is 31.0. The summed E-state index contributed by atoms with van der Waals surface area (Å²) in [6.45, 7) is 3.37. The van der Waals surface area contributed by atoms with Gasteiger partial charge in [0, 0.05) is 0 Å². The number of hydrogen-bond acceptors (Lipinski definition) is 6. The average Bonchev–Trinajstić information content (AvgIpc) is 2.61. The fraction of sp³-hybridized carbons (Fsp3) is 0.750. The van der Waals surface area contributed by atoms with Crippen LogP contribution >= 0.6 is 0 Å². The highest BCUT2D eigenvalue weighted by atomic mass is 19.1. The van der Waals surface area contributed by atoms with Crippen LogP contribution in [0, 0.1) is 0 Å². The van der Waals surface area contributed by atoms with E-state index in [0.717, 1.165) is 0 Å². The van der Waals surface area contributed by atoms with Crippen LogP contribution in [0.2, 0.25) is 0 Å². The molecule has 1 fully saturated rings.